The predicted molar refractivity (Wildman–Crippen MR) is 109 cm³/mol. The Balaban J connectivity index is 1.35. The lowest BCUT2D eigenvalue weighted by molar-refractivity contribution is -0.0210. The van der Waals surface area contributed by atoms with Gasteiger partial charge in [-0.1, -0.05) is 41.0 Å². The third-order valence-electron chi connectivity index (χ3n) is 4.71. The van der Waals surface area contributed by atoms with E-state index in [4.69, 9.17) is 30.7 Å². The summed E-state index contributed by atoms with van der Waals surface area (Å²) in [6.45, 7) is 1.24. The van der Waals surface area contributed by atoms with Gasteiger partial charge in [0.15, 0.2) is 6.61 Å². The van der Waals surface area contributed by atoms with E-state index in [2.05, 4.69) is 10.1 Å². The molecule has 0 aliphatic carbocycles. The summed E-state index contributed by atoms with van der Waals surface area (Å²) in [6.07, 6.45) is -0.565. The molecule has 1 aliphatic heterocycles. The maximum absolute atomic E-state index is 11.1. The molecule has 156 valence electrons. The van der Waals surface area contributed by atoms with E-state index >= 15 is 0 Å². The van der Waals surface area contributed by atoms with E-state index in [0.29, 0.717) is 48.6 Å². The minimum Gasteiger partial charge on any atom is -0.484 e. The average Bonchev–Trinajstić information content (AvgIpc) is 3.23. The van der Waals surface area contributed by atoms with Crippen LogP contribution in [0.2, 0.25) is 5.02 Å². The van der Waals surface area contributed by atoms with E-state index in [1.807, 2.05) is 36.4 Å². The van der Waals surface area contributed by atoms with E-state index in [0.717, 1.165) is 11.1 Å². The number of amides is 1. The molecule has 2 aromatic carbocycles. The second kappa shape index (κ2) is 9.15. The molecule has 0 radical (unpaired) electrons. The van der Waals surface area contributed by atoms with E-state index in [9.17, 15) is 4.79 Å². The zero-order chi connectivity index (χ0) is 20.9. The second-order valence-corrected chi connectivity index (χ2v) is 7.27. The molecule has 30 heavy (non-hydrogen) atoms. The first-order valence-corrected chi connectivity index (χ1v) is 9.85. The normalized spacial score (nSPS) is 16.4. The van der Waals surface area contributed by atoms with Gasteiger partial charge in [-0.3, -0.25) is 0 Å². The van der Waals surface area contributed by atoms with Crippen molar-refractivity contribution in [3.63, 3.8) is 0 Å². The zero-order valence-corrected chi connectivity index (χ0v) is 16.8. The van der Waals surface area contributed by atoms with E-state index in [1.54, 1.807) is 12.1 Å². The third kappa shape index (κ3) is 4.90. The molecular weight excluding hydrogens is 410 g/mol. The molecule has 1 fully saturated rings. The lowest BCUT2D eigenvalue weighted by atomic mass is 10.1. The molecule has 0 bridgehead atoms. The highest BCUT2D eigenvalue weighted by atomic mass is 35.5. The Hall–Kier alpha value is -3.10. The Labute approximate surface area is 178 Å². The Morgan fingerprint density at radius 2 is 2.10 bits per heavy atom. The Morgan fingerprint density at radius 1 is 1.27 bits per heavy atom. The van der Waals surface area contributed by atoms with Gasteiger partial charge >= 0.3 is 6.09 Å². The summed E-state index contributed by atoms with van der Waals surface area (Å²) in [7, 11) is 0. The monoisotopic (exact) mass is 429 g/mol. The first-order chi connectivity index (χ1) is 14.6. The zero-order valence-electron chi connectivity index (χ0n) is 16.0. The number of benzene rings is 2. The smallest absolute Gasteiger partial charge is 0.407 e. The fourth-order valence-corrected chi connectivity index (χ4v) is 3.48. The largest absolute Gasteiger partial charge is 0.484 e. The maximum atomic E-state index is 11.1. The summed E-state index contributed by atoms with van der Waals surface area (Å²) in [6, 6.07) is 14.9. The fourth-order valence-electron chi connectivity index (χ4n) is 3.22. The first kappa shape index (κ1) is 20.2. The van der Waals surface area contributed by atoms with Crippen LogP contribution in [0, 0.1) is 0 Å². The number of carbonyl (C=O) groups is 1. The predicted octanol–water partition coefficient (Wildman–Crippen LogP) is 3.89. The summed E-state index contributed by atoms with van der Waals surface area (Å²) >= 11 is 6.36. The van der Waals surface area contributed by atoms with Crippen molar-refractivity contribution in [1.29, 1.82) is 0 Å². The third-order valence-corrected chi connectivity index (χ3v) is 5.01. The number of aromatic nitrogens is 2. The molecular formula is C21H20ClN3O5. The summed E-state index contributed by atoms with van der Waals surface area (Å²) in [5.74, 6) is 1.35. The van der Waals surface area contributed by atoms with Crippen LogP contribution >= 0.6 is 11.6 Å². The molecule has 2 heterocycles. The van der Waals surface area contributed by atoms with Gasteiger partial charge in [-0.15, -0.1) is 0 Å². The van der Waals surface area contributed by atoms with Gasteiger partial charge in [0.1, 0.15) is 5.75 Å². The van der Waals surface area contributed by atoms with E-state index in [1.165, 1.54) is 4.90 Å². The number of ether oxygens (including phenoxy) is 2. The van der Waals surface area contributed by atoms with Crippen LogP contribution in [0.3, 0.4) is 0 Å². The second-order valence-electron chi connectivity index (χ2n) is 6.86. The average molecular weight is 430 g/mol. The highest BCUT2D eigenvalue weighted by molar-refractivity contribution is 6.32. The van der Waals surface area contributed by atoms with Crippen molar-refractivity contribution in [2.24, 2.45) is 0 Å². The summed E-state index contributed by atoms with van der Waals surface area (Å²) in [4.78, 5) is 16.8. The minimum atomic E-state index is -0.929. The molecule has 3 aromatic rings. The molecule has 0 unspecified atom stereocenters. The Morgan fingerprint density at radius 3 is 2.87 bits per heavy atom. The van der Waals surface area contributed by atoms with Gasteiger partial charge in [0, 0.05) is 18.5 Å². The van der Waals surface area contributed by atoms with Crippen molar-refractivity contribution < 1.29 is 23.9 Å². The van der Waals surface area contributed by atoms with Gasteiger partial charge in [0.2, 0.25) is 5.82 Å². The van der Waals surface area contributed by atoms with Gasteiger partial charge < -0.3 is 24.0 Å². The molecule has 9 heteroatoms. The summed E-state index contributed by atoms with van der Waals surface area (Å²) in [5, 5.41) is 13.5. The van der Waals surface area contributed by atoms with E-state index < -0.39 is 6.09 Å². The van der Waals surface area contributed by atoms with Crippen molar-refractivity contribution in [3.8, 4) is 17.2 Å². The van der Waals surface area contributed by atoms with Crippen LogP contribution in [0.4, 0.5) is 4.79 Å². The Bertz CT molecular complexity index is 1010. The molecule has 1 aliphatic rings. The van der Waals surface area contributed by atoms with E-state index in [-0.39, 0.29) is 12.7 Å². The molecule has 8 nitrogen and oxygen atoms in total. The minimum absolute atomic E-state index is 0.120. The number of morpholine rings is 1. The number of hydrogen-bond acceptors (Lipinski definition) is 6. The van der Waals surface area contributed by atoms with Gasteiger partial charge in [-0.05, 0) is 29.8 Å². The first-order valence-electron chi connectivity index (χ1n) is 9.47. The molecule has 1 aromatic heterocycles. The van der Waals surface area contributed by atoms with Crippen molar-refractivity contribution in [2.45, 2.75) is 19.1 Å². The standard InChI is InChI=1S/C21H20ClN3O5/c22-17-11-14(10-16-12-25(21(26)27)8-9-28-16)6-7-18(17)29-13-19-23-20(30-24-19)15-4-2-1-3-5-15/h1-7,11,16H,8-10,12-13H2,(H,26,27)/t16-/m1/s1. The number of halogens is 1. The molecule has 0 spiro atoms. The number of rotatable bonds is 6. The molecule has 1 N–H and O–H groups in total. The van der Waals surface area contributed by atoms with Gasteiger partial charge in [0.25, 0.3) is 5.89 Å². The number of carboxylic acid groups (broad SMARTS) is 1. The number of nitrogens with zero attached hydrogens (tertiary/aromatic N) is 3. The van der Waals surface area contributed by atoms with Crippen molar-refractivity contribution in [3.05, 3.63) is 64.9 Å². The van der Waals surface area contributed by atoms with Crippen molar-refractivity contribution >= 4 is 17.7 Å². The lowest BCUT2D eigenvalue weighted by Gasteiger charge is -2.31. The van der Waals surface area contributed by atoms with Crippen LogP contribution < -0.4 is 4.74 Å². The summed E-state index contributed by atoms with van der Waals surface area (Å²) in [5.41, 5.74) is 1.78. The van der Waals surface area contributed by atoms with Gasteiger partial charge in [-0.2, -0.15) is 4.98 Å². The quantitative estimate of drug-likeness (QED) is 0.634. The van der Waals surface area contributed by atoms with Crippen LogP contribution in [0.1, 0.15) is 11.4 Å². The molecule has 1 amide bonds. The summed E-state index contributed by atoms with van der Waals surface area (Å²) < 4.78 is 16.7. The van der Waals surface area contributed by atoms with Crippen molar-refractivity contribution in [1.82, 2.24) is 15.0 Å². The Kier molecular flexibility index (Phi) is 6.15. The van der Waals surface area contributed by atoms with Crippen molar-refractivity contribution in [2.75, 3.05) is 19.7 Å². The highest BCUT2D eigenvalue weighted by Crippen LogP contribution is 2.27. The highest BCUT2D eigenvalue weighted by Gasteiger charge is 2.24. The number of hydrogen-bond donors (Lipinski definition) is 1. The van der Waals surface area contributed by atoms with Crippen LogP contribution in [0.15, 0.2) is 53.1 Å². The maximum Gasteiger partial charge on any atom is 0.407 e. The topological polar surface area (TPSA) is 97.9 Å². The molecule has 1 saturated heterocycles. The van der Waals surface area contributed by atoms with Crippen LogP contribution in [-0.2, 0) is 17.8 Å². The molecule has 1 atom stereocenters. The molecule has 0 saturated carbocycles. The fraction of sp³-hybridized carbons (Fsp3) is 0.286. The van der Waals surface area contributed by atoms with Crippen LogP contribution in [0.5, 0.6) is 5.75 Å². The lowest BCUT2D eigenvalue weighted by Crippen LogP contribution is -2.45. The van der Waals surface area contributed by atoms with Gasteiger partial charge in [-0.25, -0.2) is 4.79 Å². The molecule has 4 rings (SSSR count). The van der Waals surface area contributed by atoms with Crippen LogP contribution in [-0.4, -0.2) is 52.0 Å². The van der Waals surface area contributed by atoms with Gasteiger partial charge in [0.05, 0.1) is 24.3 Å². The van der Waals surface area contributed by atoms with Crippen LogP contribution in [0.25, 0.3) is 11.5 Å². The SMILES string of the molecule is O=C(O)N1CCO[C@H](Cc2ccc(OCc3noc(-c4ccccc4)n3)c(Cl)c2)C1.